The maximum absolute atomic E-state index is 13.9. The molecule has 106 valence electrons. The van der Waals surface area contributed by atoms with Gasteiger partial charge in [0.05, 0.1) is 11.7 Å². The summed E-state index contributed by atoms with van der Waals surface area (Å²) in [6.07, 6.45) is 6.12. The molecular weight excluding hydrogens is 269 g/mol. The lowest BCUT2D eigenvalue weighted by molar-refractivity contribution is 0.386. The molecule has 0 radical (unpaired) electrons. The van der Waals surface area contributed by atoms with Crippen LogP contribution in [-0.4, -0.2) is 24.5 Å². The highest BCUT2D eigenvalue weighted by Crippen LogP contribution is 2.35. The summed E-state index contributed by atoms with van der Waals surface area (Å²) in [6, 6.07) is 1.91. The van der Waals surface area contributed by atoms with E-state index < -0.39 is 5.82 Å². The number of pyridine rings is 1. The van der Waals surface area contributed by atoms with Gasteiger partial charge in [0.2, 0.25) is 0 Å². The fraction of sp³-hybridized carbons (Fsp3) is 0.333. The molecule has 21 heavy (non-hydrogen) atoms. The highest BCUT2D eigenvalue weighted by molar-refractivity contribution is 5.78. The molecule has 4 heterocycles. The Bertz CT molecular complexity index is 852. The molecule has 0 aliphatic carbocycles. The fourth-order valence-electron chi connectivity index (χ4n) is 3.04. The van der Waals surface area contributed by atoms with Crippen LogP contribution in [0.4, 0.5) is 4.39 Å². The molecule has 3 aromatic rings. The van der Waals surface area contributed by atoms with Crippen LogP contribution < -0.4 is 0 Å². The molecule has 4 rings (SSSR count). The summed E-state index contributed by atoms with van der Waals surface area (Å²) >= 11 is 0. The third-order valence-corrected chi connectivity index (χ3v) is 4.09. The Kier molecular flexibility index (Phi) is 2.40. The monoisotopic (exact) mass is 283 g/mol. The normalized spacial score (nSPS) is 16.3. The molecule has 0 amide bonds. The smallest absolute Gasteiger partial charge is 0.177 e. The minimum absolute atomic E-state index is 0.00854. The minimum atomic E-state index is -0.445. The van der Waals surface area contributed by atoms with Crippen molar-refractivity contribution in [1.82, 2.24) is 24.5 Å². The van der Waals surface area contributed by atoms with Gasteiger partial charge in [-0.05, 0) is 26.3 Å². The number of hydrogen-bond donors (Lipinski definition) is 0. The number of imidazole rings is 1. The second-order valence-electron chi connectivity index (χ2n) is 5.96. The summed E-state index contributed by atoms with van der Waals surface area (Å²) in [5.74, 6) is 0.599. The van der Waals surface area contributed by atoms with E-state index in [1.54, 1.807) is 6.20 Å². The number of halogens is 1. The summed E-state index contributed by atoms with van der Waals surface area (Å²) in [6.45, 7) is 4.37. The number of rotatable bonds is 1. The maximum atomic E-state index is 13.9. The van der Waals surface area contributed by atoms with Gasteiger partial charge in [-0.15, -0.1) is 0 Å². The summed E-state index contributed by atoms with van der Waals surface area (Å²) < 4.78 is 16.1. The molecule has 0 fully saturated rings. The first kappa shape index (κ1) is 12.4. The fourth-order valence-corrected chi connectivity index (χ4v) is 3.04. The molecule has 3 aromatic heterocycles. The van der Waals surface area contributed by atoms with E-state index in [-0.39, 0.29) is 11.2 Å². The van der Waals surface area contributed by atoms with Gasteiger partial charge in [-0.25, -0.2) is 24.3 Å². The average molecular weight is 283 g/mol. The van der Waals surface area contributed by atoms with Crippen molar-refractivity contribution in [3.63, 3.8) is 0 Å². The number of aromatic nitrogens is 5. The van der Waals surface area contributed by atoms with Crippen molar-refractivity contribution in [2.75, 3.05) is 0 Å². The molecular formula is C15H14FN5. The van der Waals surface area contributed by atoms with Crippen LogP contribution in [0.1, 0.15) is 26.1 Å². The van der Waals surface area contributed by atoms with E-state index in [0.717, 1.165) is 30.4 Å². The van der Waals surface area contributed by atoms with Gasteiger partial charge in [-0.1, -0.05) is 0 Å². The van der Waals surface area contributed by atoms with Crippen LogP contribution in [0, 0.1) is 5.82 Å². The number of nitrogens with zero attached hydrogens (tertiary/aromatic N) is 5. The van der Waals surface area contributed by atoms with Crippen molar-refractivity contribution in [2.45, 2.75) is 32.2 Å². The Labute approximate surface area is 120 Å². The second kappa shape index (κ2) is 4.07. The summed E-state index contributed by atoms with van der Waals surface area (Å²) in [4.78, 5) is 16.6. The Balaban J connectivity index is 1.97. The minimum Gasteiger partial charge on any atom is -0.321 e. The quantitative estimate of drug-likeness (QED) is 0.689. The first-order chi connectivity index (χ1) is 10.1. The Hall–Kier alpha value is -2.37. The standard InChI is InChI=1S/C15H14FN5/c1-15(2)4-3-12-20-14-11(21(12)15)5-9(6-18-14)13-10(16)7-17-8-19-13/h5-8H,3-4H2,1-2H3. The molecule has 0 spiro atoms. The van der Waals surface area contributed by atoms with Crippen LogP contribution in [0.2, 0.25) is 0 Å². The van der Waals surface area contributed by atoms with Crippen molar-refractivity contribution in [3.8, 4) is 11.3 Å². The number of aryl methyl sites for hydroxylation is 1. The maximum Gasteiger partial charge on any atom is 0.177 e. The van der Waals surface area contributed by atoms with E-state index in [0.29, 0.717) is 11.2 Å². The highest BCUT2D eigenvalue weighted by Gasteiger charge is 2.32. The van der Waals surface area contributed by atoms with Crippen LogP contribution in [-0.2, 0) is 12.0 Å². The Morgan fingerprint density at radius 1 is 1.24 bits per heavy atom. The van der Waals surface area contributed by atoms with Crippen LogP contribution in [0.5, 0.6) is 0 Å². The molecule has 0 atom stereocenters. The Morgan fingerprint density at radius 3 is 2.90 bits per heavy atom. The van der Waals surface area contributed by atoms with E-state index in [9.17, 15) is 4.39 Å². The van der Waals surface area contributed by atoms with Crippen molar-refractivity contribution < 1.29 is 4.39 Å². The van der Waals surface area contributed by atoms with Crippen LogP contribution >= 0.6 is 0 Å². The third-order valence-electron chi connectivity index (χ3n) is 4.09. The van der Waals surface area contributed by atoms with Crippen LogP contribution in [0.15, 0.2) is 24.8 Å². The van der Waals surface area contributed by atoms with Gasteiger partial charge < -0.3 is 4.57 Å². The van der Waals surface area contributed by atoms with E-state index in [1.807, 2.05) is 6.07 Å². The first-order valence-electron chi connectivity index (χ1n) is 6.90. The highest BCUT2D eigenvalue weighted by atomic mass is 19.1. The van der Waals surface area contributed by atoms with Gasteiger partial charge in [-0.3, -0.25) is 0 Å². The van der Waals surface area contributed by atoms with Gasteiger partial charge in [-0.2, -0.15) is 0 Å². The topological polar surface area (TPSA) is 56.5 Å². The number of hydrogen-bond acceptors (Lipinski definition) is 4. The van der Waals surface area contributed by atoms with Crippen LogP contribution in [0.25, 0.3) is 22.4 Å². The van der Waals surface area contributed by atoms with Gasteiger partial charge in [0.25, 0.3) is 0 Å². The number of fused-ring (bicyclic) bond motifs is 3. The third kappa shape index (κ3) is 1.75. The van der Waals surface area contributed by atoms with Gasteiger partial charge in [0.1, 0.15) is 17.8 Å². The molecule has 1 aliphatic heterocycles. The predicted molar refractivity (Wildman–Crippen MR) is 76.2 cm³/mol. The van der Waals surface area contributed by atoms with Gasteiger partial charge >= 0.3 is 0 Å². The molecule has 5 nitrogen and oxygen atoms in total. The zero-order valence-corrected chi connectivity index (χ0v) is 11.8. The zero-order valence-electron chi connectivity index (χ0n) is 11.8. The Morgan fingerprint density at radius 2 is 2.10 bits per heavy atom. The van der Waals surface area contributed by atoms with Gasteiger partial charge in [0, 0.05) is 23.7 Å². The predicted octanol–water partition coefficient (Wildman–Crippen LogP) is 2.71. The SMILES string of the molecule is CC1(C)CCc2nc3ncc(-c4ncncc4F)cc3n21. The molecule has 1 aliphatic rings. The van der Waals surface area contributed by atoms with Crippen molar-refractivity contribution in [1.29, 1.82) is 0 Å². The van der Waals surface area contributed by atoms with E-state index >= 15 is 0 Å². The molecule has 0 saturated heterocycles. The van der Waals surface area contributed by atoms with Crippen molar-refractivity contribution >= 4 is 11.2 Å². The molecule has 0 saturated carbocycles. The van der Waals surface area contributed by atoms with Crippen molar-refractivity contribution in [3.05, 3.63) is 36.4 Å². The molecule has 0 aromatic carbocycles. The summed E-state index contributed by atoms with van der Waals surface area (Å²) in [5.41, 5.74) is 2.56. The lowest BCUT2D eigenvalue weighted by atomic mass is 10.0. The average Bonchev–Trinajstić information content (AvgIpc) is 2.97. The molecule has 0 N–H and O–H groups in total. The first-order valence-corrected chi connectivity index (χ1v) is 6.90. The van der Waals surface area contributed by atoms with Gasteiger partial charge in [0.15, 0.2) is 11.5 Å². The van der Waals surface area contributed by atoms with E-state index in [4.69, 9.17) is 0 Å². The molecule has 0 unspecified atom stereocenters. The van der Waals surface area contributed by atoms with Crippen molar-refractivity contribution in [2.24, 2.45) is 0 Å². The largest absolute Gasteiger partial charge is 0.321 e. The van der Waals surface area contributed by atoms with Crippen LogP contribution in [0.3, 0.4) is 0 Å². The summed E-state index contributed by atoms with van der Waals surface area (Å²) in [7, 11) is 0. The molecule has 6 heteroatoms. The van der Waals surface area contributed by atoms with E-state index in [1.165, 1.54) is 6.33 Å². The summed E-state index contributed by atoms with van der Waals surface area (Å²) in [5, 5.41) is 0. The van der Waals surface area contributed by atoms with E-state index in [2.05, 4.69) is 38.4 Å². The lowest BCUT2D eigenvalue weighted by Crippen LogP contribution is -2.21. The lowest BCUT2D eigenvalue weighted by Gasteiger charge is -2.21. The molecule has 0 bridgehead atoms. The second-order valence-corrected chi connectivity index (χ2v) is 5.96. The zero-order chi connectivity index (χ0) is 14.6.